The summed E-state index contributed by atoms with van der Waals surface area (Å²) in [4.78, 5) is 128. The van der Waals surface area contributed by atoms with Gasteiger partial charge in [0.25, 0.3) is 23.6 Å². The molecule has 0 atom stereocenters. The van der Waals surface area contributed by atoms with E-state index in [2.05, 4.69) is 236 Å². The van der Waals surface area contributed by atoms with Gasteiger partial charge in [-0.05, 0) is 174 Å². The Labute approximate surface area is 764 Å². The summed E-state index contributed by atoms with van der Waals surface area (Å²) in [6, 6.07) is 34.3. The van der Waals surface area contributed by atoms with Gasteiger partial charge < -0.3 is 70.7 Å². The Morgan fingerprint density at radius 1 is 0.433 bits per heavy atom. The molecule has 0 bridgehead atoms. The Kier molecular flexibility index (Phi) is 31.6. The molecule has 664 valence electrons. The number of hydrogen-bond donors (Lipinski definition) is 5. The van der Waals surface area contributed by atoms with Crippen molar-refractivity contribution in [3.8, 4) is 0 Å². The number of pyridine rings is 2. The number of carbonyl (C=O) groups excluding carboxylic acids is 5. The minimum absolute atomic E-state index is 0.116. The maximum atomic E-state index is 13.2. The highest BCUT2D eigenvalue weighted by Crippen LogP contribution is 2.39. The van der Waals surface area contributed by atoms with Crippen LogP contribution < -0.4 is 65.8 Å². The Bertz CT molecular complexity index is 5730. The van der Waals surface area contributed by atoms with Crippen molar-refractivity contribution in [2.75, 3.05) is 193 Å². The SMILES string of the molecule is CNCC(=O)N1CCN(c2cc(C(C)C)ccc2NC(=O)c2cccnc2)CC1.Cc1nc(Br)sc1C(=O)Nc1ccc(C(C)C)cc1N1CCN(c2cnccn2)CC1.Cc1nc(N(C)C)sc1C(=O)Nc1ccc(C(C)C)cc1N1CCN(c2cnccn2)CC1.Cc1ncccc1C(=O)Nc1ccc(C(C)C)cc1N1CCN(c2ncnc3ccsc23)CC1. The maximum absolute atomic E-state index is 13.2. The zero-order valence-electron chi connectivity index (χ0n) is 74.6. The first-order chi connectivity index (χ1) is 61.2. The van der Waals surface area contributed by atoms with E-state index in [1.165, 1.54) is 44.9 Å². The van der Waals surface area contributed by atoms with Gasteiger partial charge >= 0.3 is 0 Å². The van der Waals surface area contributed by atoms with Crippen molar-refractivity contribution >= 4 is 158 Å². The van der Waals surface area contributed by atoms with Gasteiger partial charge in [-0.25, -0.2) is 29.9 Å². The summed E-state index contributed by atoms with van der Waals surface area (Å²) in [5.41, 5.74) is 16.7. The van der Waals surface area contributed by atoms with E-state index in [0.29, 0.717) is 68.1 Å². The lowest BCUT2D eigenvalue weighted by atomic mass is 10.0. The third-order valence-corrected chi connectivity index (χ3v) is 26.5. The molecule has 12 heterocycles. The van der Waals surface area contributed by atoms with E-state index in [4.69, 9.17) is 0 Å². The van der Waals surface area contributed by atoms with Crippen LogP contribution in [0.3, 0.4) is 0 Å². The Morgan fingerprint density at radius 2 is 0.858 bits per heavy atom. The van der Waals surface area contributed by atoms with Crippen LogP contribution in [-0.4, -0.2) is 217 Å². The van der Waals surface area contributed by atoms with Gasteiger partial charge in [-0.3, -0.25) is 43.9 Å². The maximum Gasteiger partial charge on any atom is 0.267 e. The molecule has 4 saturated heterocycles. The highest BCUT2D eigenvalue weighted by molar-refractivity contribution is 9.11. The second kappa shape index (κ2) is 43.4. The molecule has 127 heavy (non-hydrogen) atoms. The molecule has 4 fully saturated rings. The highest BCUT2D eigenvalue weighted by Gasteiger charge is 2.30. The molecule has 4 aliphatic rings. The number of thiazole rings is 2. The van der Waals surface area contributed by atoms with Crippen molar-refractivity contribution < 1.29 is 24.0 Å². The molecule has 29 nitrogen and oxygen atoms in total. The van der Waals surface area contributed by atoms with Crippen LogP contribution in [0, 0.1) is 20.8 Å². The number of likely N-dealkylation sites (N-methyl/N-ethyl adjacent to an activating group) is 1. The average molecular weight is 1840 g/mol. The van der Waals surface area contributed by atoms with Gasteiger partial charge in [0.15, 0.2) is 9.05 Å². The van der Waals surface area contributed by atoms with Crippen molar-refractivity contribution in [2.24, 2.45) is 0 Å². The number of carbonyl (C=O) groups is 5. The monoisotopic (exact) mass is 1830 g/mol. The molecular formula is C94H113BrN24O5S3. The van der Waals surface area contributed by atoms with Gasteiger partial charge in [0.2, 0.25) is 5.91 Å². The van der Waals surface area contributed by atoms with E-state index in [9.17, 15) is 24.0 Å². The third kappa shape index (κ3) is 23.6. The summed E-state index contributed by atoms with van der Waals surface area (Å²) >= 11 is 7.82. The van der Waals surface area contributed by atoms with Crippen molar-refractivity contribution in [2.45, 2.75) is 99.8 Å². The van der Waals surface area contributed by atoms with E-state index < -0.39 is 0 Å². The van der Waals surface area contributed by atoms with Crippen molar-refractivity contribution in [3.05, 3.63) is 235 Å². The fraction of sp³-hybridized carbons (Fsp3) is 0.372. The predicted molar refractivity (Wildman–Crippen MR) is 520 cm³/mol. The molecule has 5 amide bonds. The zero-order chi connectivity index (χ0) is 90.0. The topological polar surface area (TPSA) is 304 Å². The molecule has 0 aliphatic carbocycles. The summed E-state index contributed by atoms with van der Waals surface area (Å²) in [7, 11) is 5.65. The quantitative estimate of drug-likeness (QED) is 0.0421. The van der Waals surface area contributed by atoms with Gasteiger partial charge in [0.05, 0.1) is 97.2 Å². The smallest absolute Gasteiger partial charge is 0.267 e. The van der Waals surface area contributed by atoms with Gasteiger partial charge in [-0.2, -0.15) is 0 Å². The van der Waals surface area contributed by atoms with Crippen LogP contribution in [0.4, 0.5) is 68.1 Å². The number of piperazine rings is 4. The minimum atomic E-state index is -0.181. The van der Waals surface area contributed by atoms with E-state index in [0.717, 1.165) is 187 Å². The fourth-order valence-corrected chi connectivity index (χ4v) is 18.5. The number of benzene rings is 4. The molecule has 0 spiro atoms. The Hall–Kier alpha value is -12.2. The molecule has 8 aromatic heterocycles. The molecule has 33 heteroatoms. The molecule has 12 aromatic rings. The molecule has 0 radical (unpaired) electrons. The lowest BCUT2D eigenvalue weighted by Crippen LogP contribution is -2.50. The number of amides is 5. The van der Waals surface area contributed by atoms with Gasteiger partial charge in [0.1, 0.15) is 33.5 Å². The normalized spacial score (nSPS) is 14.1. The molecule has 16 rings (SSSR count). The number of rotatable bonds is 22. The van der Waals surface area contributed by atoms with E-state index in [1.807, 2.05) is 81.1 Å². The van der Waals surface area contributed by atoms with Crippen LogP contribution in [0.25, 0.3) is 10.2 Å². The number of thiophene rings is 1. The van der Waals surface area contributed by atoms with Crippen molar-refractivity contribution in [1.29, 1.82) is 0 Å². The van der Waals surface area contributed by atoms with Crippen LogP contribution in [0.2, 0.25) is 0 Å². The molecule has 4 aliphatic heterocycles. The number of anilines is 12. The predicted octanol–water partition coefficient (Wildman–Crippen LogP) is 16.1. The van der Waals surface area contributed by atoms with E-state index in [1.54, 1.807) is 98.7 Å². The number of nitrogens with one attached hydrogen (secondary N) is 5. The summed E-state index contributed by atoms with van der Waals surface area (Å²) < 4.78 is 1.85. The van der Waals surface area contributed by atoms with Crippen LogP contribution in [-0.2, 0) is 4.79 Å². The lowest BCUT2D eigenvalue weighted by molar-refractivity contribution is -0.130. The van der Waals surface area contributed by atoms with Crippen molar-refractivity contribution in [3.63, 3.8) is 0 Å². The Morgan fingerprint density at radius 3 is 1.27 bits per heavy atom. The standard InChI is InChI=1S/C26H28N6OS.C24H31N7OS.C22H25BrN6OS.C22H29N5O2/c1-17(2)19-6-7-21(30-26(33)20-5-4-9-27-18(20)3)23(15-19)31-10-12-32(13-11-31)25-24-22(8-14-34-24)28-16-29-25;1-16(2)18-6-7-19(28-23(32)22-17(3)27-24(33-22)29(4)5)20(14-18)30-10-12-31(13-11-30)21-15-25-8-9-26-21;1-14(2)16-4-5-17(27-21(30)20-15(3)26-22(23)31-20)18(12-16)28-8-10-29(11-9-28)19-13-24-6-7-25-19;1-16(2)17-6-7-19(25-22(29)18-5-4-8-24-14-18)20(13-17)26-9-11-27(12-10-26)21(28)15-23-3/h4-9,14-17H,10-13H2,1-3H3,(H,30,33);6-9,14-16H,10-13H2,1-5H3,(H,28,32);4-7,12-14H,8-11H2,1-3H3,(H,27,30);4-8,13-14,16,23H,9-12,15H2,1-3H3,(H,25,29). The van der Waals surface area contributed by atoms with Gasteiger partial charge in [-0.15, -0.1) is 22.7 Å². The summed E-state index contributed by atoms with van der Waals surface area (Å²) in [6.45, 7) is 36.3. The molecule has 4 aromatic carbocycles. The van der Waals surface area contributed by atoms with E-state index >= 15 is 0 Å². The fourth-order valence-electron chi connectivity index (χ4n) is 15.3. The first-order valence-corrected chi connectivity index (χ1v) is 46.3. The lowest BCUT2D eigenvalue weighted by Gasteiger charge is -2.38. The molecule has 0 saturated carbocycles. The van der Waals surface area contributed by atoms with Crippen LogP contribution in [0.1, 0.15) is 158 Å². The molecule has 0 unspecified atom stereocenters. The second-order valence-electron chi connectivity index (χ2n) is 32.9. The summed E-state index contributed by atoms with van der Waals surface area (Å²) in [6.07, 6.45) is 17.0. The number of nitrogens with zero attached hydrogens (tertiary/aromatic N) is 19. The highest BCUT2D eigenvalue weighted by atomic mass is 79.9. The van der Waals surface area contributed by atoms with E-state index in [-0.39, 0.29) is 29.5 Å². The third-order valence-electron chi connectivity index (χ3n) is 22.7. The zero-order valence-corrected chi connectivity index (χ0v) is 78.7. The molecule has 5 N–H and O–H groups in total. The number of aromatic nitrogens is 10. The number of fused-ring (bicyclic) bond motifs is 1. The number of hydrogen-bond acceptors (Lipinski definition) is 27. The largest absolute Gasteiger partial charge is 0.366 e. The van der Waals surface area contributed by atoms with Gasteiger partial charge in [-0.1, -0.05) is 91.0 Å². The summed E-state index contributed by atoms with van der Waals surface area (Å²) in [5.74, 6) is 3.97. The first-order valence-electron chi connectivity index (χ1n) is 43.0. The second-order valence-corrected chi connectivity index (χ2v) is 37.1. The van der Waals surface area contributed by atoms with Gasteiger partial charge in [0, 0.05) is 168 Å². The Balaban J connectivity index is 0.000000145. The van der Waals surface area contributed by atoms with Crippen LogP contribution >= 0.6 is 49.9 Å². The van der Waals surface area contributed by atoms with Crippen LogP contribution in [0.15, 0.2) is 175 Å². The first kappa shape index (κ1) is 92.5. The number of halogens is 1. The van der Waals surface area contributed by atoms with Crippen LogP contribution in [0.5, 0.6) is 0 Å². The minimum Gasteiger partial charge on any atom is -0.366 e. The summed E-state index contributed by atoms with van der Waals surface area (Å²) in [5, 5.41) is 18.3. The van der Waals surface area contributed by atoms with Crippen molar-refractivity contribution in [1.82, 2.24) is 60.1 Å². The number of aryl methyl sites for hydroxylation is 3. The average Bonchev–Trinajstić information content (AvgIpc) is 1.72. The molecular weight excluding hydrogens is 1720 g/mol.